The molecule has 2 rings (SSSR count). The molecule has 2 heterocycles. The maximum atomic E-state index is 11.9. The lowest BCUT2D eigenvalue weighted by Gasteiger charge is -2.21. The Morgan fingerprint density at radius 1 is 1.56 bits per heavy atom. The Bertz CT molecular complexity index is 388. The summed E-state index contributed by atoms with van der Waals surface area (Å²) < 4.78 is 0. The molecular formula is C11H13NO3S. The van der Waals surface area contributed by atoms with Gasteiger partial charge in [-0.2, -0.15) is 11.3 Å². The zero-order valence-corrected chi connectivity index (χ0v) is 9.57. The van der Waals surface area contributed by atoms with Gasteiger partial charge in [-0.15, -0.1) is 0 Å². The van der Waals surface area contributed by atoms with Gasteiger partial charge in [-0.05, 0) is 35.2 Å². The van der Waals surface area contributed by atoms with E-state index in [1.807, 2.05) is 16.8 Å². The molecule has 1 N–H and O–H groups in total. The van der Waals surface area contributed by atoms with E-state index < -0.39 is 12.0 Å². The predicted octanol–water partition coefficient (Wildman–Crippen LogP) is 1.37. The number of aliphatic carboxylic acids is 1. The Balaban J connectivity index is 2.01. The Kier molecular flexibility index (Phi) is 3.24. The third-order valence-electron chi connectivity index (χ3n) is 2.79. The Hall–Kier alpha value is -1.36. The number of rotatable bonds is 3. The molecule has 4 nitrogen and oxygen atoms in total. The number of hydrogen-bond donors (Lipinski definition) is 1. The molecule has 0 aliphatic carbocycles. The SMILES string of the molecule is O=C(O)[C@@H]1CCCN1C(=O)Cc1ccsc1. The van der Waals surface area contributed by atoms with Crippen LogP contribution in [0.1, 0.15) is 18.4 Å². The third kappa shape index (κ3) is 2.24. The molecule has 1 fully saturated rings. The molecule has 0 spiro atoms. The lowest BCUT2D eigenvalue weighted by molar-refractivity contribution is -0.147. The van der Waals surface area contributed by atoms with Crippen molar-refractivity contribution in [1.29, 1.82) is 0 Å². The summed E-state index contributed by atoms with van der Waals surface area (Å²) in [4.78, 5) is 24.3. The minimum absolute atomic E-state index is 0.0803. The second-order valence-electron chi connectivity index (χ2n) is 3.89. The van der Waals surface area contributed by atoms with Crippen molar-refractivity contribution >= 4 is 23.2 Å². The molecule has 0 unspecified atom stereocenters. The standard InChI is InChI=1S/C11H13NO3S/c13-10(6-8-3-5-16-7-8)12-4-1-2-9(12)11(14)15/h3,5,7,9H,1-2,4,6H2,(H,14,15)/t9-/m0/s1. The van der Waals surface area contributed by atoms with E-state index >= 15 is 0 Å². The van der Waals surface area contributed by atoms with Crippen LogP contribution in [-0.2, 0) is 16.0 Å². The zero-order valence-electron chi connectivity index (χ0n) is 8.76. The molecule has 0 radical (unpaired) electrons. The average Bonchev–Trinajstić information content (AvgIpc) is 2.86. The first-order valence-corrected chi connectivity index (χ1v) is 6.16. The number of thiophene rings is 1. The summed E-state index contributed by atoms with van der Waals surface area (Å²) >= 11 is 1.54. The molecule has 5 heteroatoms. The molecular weight excluding hydrogens is 226 g/mol. The van der Waals surface area contributed by atoms with Gasteiger partial charge in [-0.25, -0.2) is 4.79 Å². The number of carboxylic acid groups (broad SMARTS) is 1. The fraction of sp³-hybridized carbons (Fsp3) is 0.455. The summed E-state index contributed by atoms with van der Waals surface area (Å²) in [6.07, 6.45) is 1.67. The molecule has 1 atom stereocenters. The van der Waals surface area contributed by atoms with Gasteiger partial charge < -0.3 is 10.0 Å². The van der Waals surface area contributed by atoms with E-state index in [9.17, 15) is 9.59 Å². The van der Waals surface area contributed by atoms with E-state index in [0.717, 1.165) is 12.0 Å². The fourth-order valence-electron chi connectivity index (χ4n) is 1.99. The largest absolute Gasteiger partial charge is 0.480 e. The lowest BCUT2D eigenvalue weighted by atomic mass is 10.2. The van der Waals surface area contributed by atoms with Crippen LogP contribution < -0.4 is 0 Å². The minimum atomic E-state index is -0.892. The number of likely N-dealkylation sites (tertiary alicyclic amines) is 1. The second kappa shape index (κ2) is 4.65. The Morgan fingerprint density at radius 3 is 3.00 bits per heavy atom. The van der Waals surface area contributed by atoms with E-state index in [1.54, 1.807) is 11.3 Å². The van der Waals surface area contributed by atoms with E-state index in [1.165, 1.54) is 4.90 Å². The topological polar surface area (TPSA) is 57.6 Å². The monoisotopic (exact) mass is 239 g/mol. The van der Waals surface area contributed by atoms with Crippen molar-refractivity contribution in [2.45, 2.75) is 25.3 Å². The minimum Gasteiger partial charge on any atom is -0.480 e. The van der Waals surface area contributed by atoms with Crippen molar-refractivity contribution in [3.8, 4) is 0 Å². The van der Waals surface area contributed by atoms with Crippen LogP contribution in [0.15, 0.2) is 16.8 Å². The Morgan fingerprint density at radius 2 is 2.38 bits per heavy atom. The lowest BCUT2D eigenvalue weighted by Crippen LogP contribution is -2.41. The van der Waals surface area contributed by atoms with Crippen LogP contribution in [0.5, 0.6) is 0 Å². The summed E-state index contributed by atoms with van der Waals surface area (Å²) in [6.45, 7) is 0.569. The highest BCUT2D eigenvalue weighted by molar-refractivity contribution is 7.07. The number of hydrogen-bond acceptors (Lipinski definition) is 3. The van der Waals surface area contributed by atoms with E-state index in [2.05, 4.69) is 0 Å². The summed E-state index contributed by atoms with van der Waals surface area (Å²) in [7, 11) is 0. The van der Waals surface area contributed by atoms with Crippen LogP contribution in [0.2, 0.25) is 0 Å². The highest BCUT2D eigenvalue weighted by Gasteiger charge is 2.33. The van der Waals surface area contributed by atoms with Crippen LogP contribution in [-0.4, -0.2) is 34.5 Å². The van der Waals surface area contributed by atoms with Gasteiger partial charge in [0.25, 0.3) is 0 Å². The van der Waals surface area contributed by atoms with Crippen LogP contribution in [0, 0.1) is 0 Å². The molecule has 1 aliphatic heterocycles. The van der Waals surface area contributed by atoms with Crippen molar-refractivity contribution in [1.82, 2.24) is 4.90 Å². The zero-order chi connectivity index (χ0) is 11.5. The van der Waals surface area contributed by atoms with Crippen molar-refractivity contribution < 1.29 is 14.7 Å². The summed E-state index contributed by atoms with van der Waals surface area (Å²) in [5.74, 6) is -0.973. The molecule has 1 aromatic heterocycles. The number of amides is 1. The van der Waals surface area contributed by atoms with Crippen LogP contribution in [0.4, 0.5) is 0 Å². The van der Waals surface area contributed by atoms with E-state index in [4.69, 9.17) is 5.11 Å². The molecule has 16 heavy (non-hydrogen) atoms. The number of carboxylic acids is 1. The number of carbonyl (C=O) groups excluding carboxylic acids is 1. The van der Waals surface area contributed by atoms with Gasteiger partial charge >= 0.3 is 5.97 Å². The van der Waals surface area contributed by atoms with Crippen molar-refractivity contribution in [3.05, 3.63) is 22.4 Å². The number of nitrogens with zero attached hydrogens (tertiary/aromatic N) is 1. The Labute approximate surface area is 97.5 Å². The van der Waals surface area contributed by atoms with Crippen LogP contribution in [0.3, 0.4) is 0 Å². The first kappa shape index (κ1) is 11.1. The van der Waals surface area contributed by atoms with Crippen molar-refractivity contribution in [2.24, 2.45) is 0 Å². The molecule has 0 saturated carbocycles. The van der Waals surface area contributed by atoms with Gasteiger partial charge in [0.2, 0.25) is 5.91 Å². The third-order valence-corrected chi connectivity index (χ3v) is 3.53. The van der Waals surface area contributed by atoms with Gasteiger partial charge in [-0.1, -0.05) is 0 Å². The van der Waals surface area contributed by atoms with E-state index in [-0.39, 0.29) is 5.91 Å². The molecule has 0 bridgehead atoms. The smallest absolute Gasteiger partial charge is 0.326 e. The maximum Gasteiger partial charge on any atom is 0.326 e. The van der Waals surface area contributed by atoms with Crippen LogP contribution in [0.25, 0.3) is 0 Å². The maximum absolute atomic E-state index is 11.9. The van der Waals surface area contributed by atoms with E-state index in [0.29, 0.717) is 19.4 Å². The summed E-state index contributed by atoms with van der Waals surface area (Å²) in [5.41, 5.74) is 0.964. The highest BCUT2D eigenvalue weighted by atomic mass is 32.1. The van der Waals surface area contributed by atoms with Gasteiger partial charge in [0, 0.05) is 6.54 Å². The predicted molar refractivity (Wildman–Crippen MR) is 60.4 cm³/mol. The highest BCUT2D eigenvalue weighted by Crippen LogP contribution is 2.19. The van der Waals surface area contributed by atoms with Crippen molar-refractivity contribution in [2.75, 3.05) is 6.54 Å². The van der Waals surface area contributed by atoms with Gasteiger partial charge in [0.15, 0.2) is 0 Å². The van der Waals surface area contributed by atoms with Gasteiger partial charge in [0.1, 0.15) is 6.04 Å². The average molecular weight is 239 g/mol. The van der Waals surface area contributed by atoms with Gasteiger partial charge in [-0.3, -0.25) is 4.79 Å². The van der Waals surface area contributed by atoms with Gasteiger partial charge in [0.05, 0.1) is 6.42 Å². The number of carbonyl (C=O) groups is 2. The van der Waals surface area contributed by atoms with Crippen LogP contribution >= 0.6 is 11.3 Å². The summed E-state index contributed by atoms with van der Waals surface area (Å²) in [5, 5.41) is 12.8. The molecule has 1 saturated heterocycles. The second-order valence-corrected chi connectivity index (χ2v) is 4.67. The molecule has 86 valence electrons. The molecule has 1 aliphatic rings. The molecule has 1 aromatic rings. The van der Waals surface area contributed by atoms with Crippen molar-refractivity contribution in [3.63, 3.8) is 0 Å². The normalized spacial score (nSPS) is 20.0. The fourth-order valence-corrected chi connectivity index (χ4v) is 2.66. The quantitative estimate of drug-likeness (QED) is 0.866. The molecule has 1 amide bonds. The summed E-state index contributed by atoms with van der Waals surface area (Å²) in [6, 6.07) is 1.28. The first-order chi connectivity index (χ1) is 7.68. The first-order valence-electron chi connectivity index (χ1n) is 5.22. The molecule has 0 aromatic carbocycles.